The maximum absolute atomic E-state index is 14.0. The number of halogens is 1. The van der Waals surface area contributed by atoms with E-state index >= 15 is 0 Å². The highest BCUT2D eigenvalue weighted by Crippen LogP contribution is 2.27. The zero-order valence-electron chi connectivity index (χ0n) is 19.2. The molecule has 1 saturated heterocycles. The van der Waals surface area contributed by atoms with E-state index < -0.39 is 17.1 Å². The van der Waals surface area contributed by atoms with Crippen LogP contribution in [-0.2, 0) is 7.05 Å². The first-order valence-corrected chi connectivity index (χ1v) is 12.3. The first kappa shape index (κ1) is 23.0. The molecule has 0 bridgehead atoms. The Morgan fingerprint density at radius 1 is 1.14 bits per heavy atom. The van der Waals surface area contributed by atoms with Crippen LogP contribution in [0.2, 0.25) is 0 Å². The van der Waals surface area contributed by atoms with Gasteiger partial charge in [0.15, 0.2) is 5.69 Å². The first-order valence-electron chi connectivity index (χ1n) is 11.2. The Hall–Kier alpha value is -3.73. The summed E-state index contributed by atoms with van der Waals surface area (Å²) < 4.78 is 18.2. The summed E-state index contributed by atoms with van der Waals surface area (Å²) in [4.78, 5) is 43.5. The number of carbonyl (C=O) groups excluding carboxylic acids is 1. The summed E-state index contributed by atoms with van der Waals surface area (Å²) in [5.41, 5.74) is 0.968. The van der Waals surface area contributed by atoms with Gasteiger partial charge in [0.1, 0.15) is 11.5 Å². The molecule has 0 radical (unpaired) electrons. The lowest BCUT2D eigenvalue weighted by Crippen LogP contribution is -2.41. The highest BCUT2D eigenvalue weighted by Gasteiger charge is 2.24. The van der Waals surface area contributed by atoms with E-state index in [1.165, 1.54) is 4.57 Å². The number of hydrogen-bond donors (Lipinski definition) is 1. The van der Waals surface area contributed by atoms with Crippen molar-refractivity contribution >= 4 is 34.4 Å². The van der Waals surface area contributed by atoms with Gasteiger partial charge in [-0.1, -0.05) is 0 Å². The number of amides is 1. The molecule has 11 heteroatoms. The van der Waals surface area contributed by atoms with Crippen LogP contribution in [-0.4, -0.2) is 41.3 Å². The summed E-state index contributed by atoms with van der Waals surface area (Å²) >= 11 is 1.81. The molecule has 4 heterocycles. The van der Waals surface area contributed by atoms with Crippen molar-refractivity contribution in [1.29, 1.82) is 0 Å². The Kier molecular flexibility index (Phi) is 6.01. The standard InChI is InChI=1S/C24H23FN6O3S/c1-14-11-20(28-29(14)2)22(32)27-16-3-5-17(6-4-16)31-23(33)19-12-15(25)13-26-21(19)30(24(31)34)18-7-9-35-10-8-18/h3-6,11-13,18H,7-10H2,1-2H3,(H,27,32). The smallest absolute Gasteiger partial charge is 0.321 e. The minimum atomic E-state index is -0.645. The van der Waals surface area contributed by atoms with Crippen molar-refractivity contribution in [3.8, 4) is 5.69 Å². The molecule has 3 aromatic heterocycles. The van der Waals surface area contributed by atoms with Gasteiger partial charge in [-0.15, -0.1) is 0 Å². The summed E-state index contributed by atoms with van der Waals surface area (Å²) in [6.45, 7) is 1.85. The molecule has 0 saturated carbocycles. The second kappa shape index (κ2) is 9.14. The Labute approximate surface area is 203 Å². The fraction of sp³-hybridized carbons (Fsp3) is 0.292. The number of nitrogens with one attached hydrogen (secondary N) is 1. The molecule has 0 unspecified atom stereocenters. The number of aromatic nitrogens is 5. The zero-order chi connectivity index (χ0) is 24.7. The average Bonchev–Trinajstić information content (AvgIpc) is 3.19. The van der Waals surface area contributed by atoms with Gasteiger partial charge in [0, 0.05) is 24.5 Å². The molecule has 0 aliphatic carbocycles. The van der Waals surface area contributed by atoms with E-state index in [4.69, 9.17) is 0 Å². The second-order valence-corrected chi connectivity index (χ2v) is 9.68. The molecule has 180 valence electrons. The van der Waals surface area contributed by atoms with Gasteiger partial charge in [-0.25, -0.2) is 18.7 Å². The number of thioether (sulfide) groups is 1. The minimum absolute atomic E-state index is 0.0470. The number of rotatable bonds is 4. The molecule has 0 spiro atoms. The molecular formula is C24H23FN6O3S. The molecule has 1 aliphatic heterocycles. The van der Waals surface area contributed by atoms with Crippen molar-refractivity contribution < 1.29 is 9.18 Å². The van der Waals surface area contributed by atoms with Gasteiger partial charge in [-0.05, 0) is 67.7 Å². The third-order valence-electron chi connectivity index (χ3n) is 6.18. The maximum atomic E-state index is 14.0. The topological polar surface area (TPSA) is 104 Å². The zero-order valence-corrected chi connectivity index (χ0v) is 20.0. The molecule has 35 heavy (non-hydrogen) atoms. The quantitative estimate of drug-likeness (QED) is 0.468. The predicted octanol–water partition coefficient (Wildman–Crippen LogP) is 3.05. The summed E-state index contributed by atoms with van der Waals surface area (Å²) in [5.74, 6) is 0.767. The van der Waals surface area contributed by atoms with Gasteiger partial charge in [0.25, 0.3) is 11.5 Å². The number of benzene rings is 1. The van der Waals surface area contributed by atoms with Gasteiger partial charge < -0.3 is 5.32 Å². The average molecular weight is 495 g/mol. The molecule has 4 aromatic rings. The lowest BCUT2D eigenvalue weighted by molar-refractivity contribution is 0.102. The van der Waals surface area contributed by atoms with Crippen LogP contribution < -0.4 is 16.6 Å². The summed E-state index contributed by atoms with van der Waals surface area (Å²) in [6.07, 6.45) is 2.55. The number of carbonyl (C=O) groups is 1. The number of hydrogen-bond acceptors (Lipinski definition) is 6. The summed E-state index contributed by atoms with van der Waals surface area (Å²) in [5, 5.41) is 6.97. The number of pyridine rings is 1. The van der Waals surface area contributed by atoms with Crippen molar-refractivity contribution in [2.75, 3.05) is 16.8 Å². The lowest BCUT2D eigenvalue weighted by Gasteiger charge is -2.25. The minimum Gasteiger partial charge on any atom is -0.321 e. The van der Waals surface area contributed by atoms with E-state index in [9.17, 15) is 18.8 Å². The third-order valence-corrected chi connectivity index (χ3v) is 7.23. The summed E-state index contributed by atoms with van der Waals surface area (Å²) in [6, 6.07) is 9.02. The van der Waals surface area contributed by atoms with E-state index in [1.54, 1.807) is 42.1 Å². The van der Waals surface area contributed by atoms with E-state index in [1.807, 2.05) is 18.7 Å². The Bertz CT molecular complexity index is 1530. The molecule has 1 N–H and O–H groups in total. The molecule has 1 fully saturated rings. The Morgan fingerprint density at radius 3 is 2.51 bits per heavy atom. The maximum Gasteiger partial charge on any atom is 0.337 e. The van der Waals surface area contributed by atoms with E-state index in [-0.39, 0.29) is 28.7 Å². The van der Waals surface area contributed by atoms with Gasteiger partial charge >= 0.3 is 5.69 Å². The molecule has 5 rings (SSSR count). The first-order chi connectivity index (χ1) is 16.8. The third kappa shape index (κ3) is 4.27. The Balaban J connectivity index is 1.55. The van der Waals surface area contributed by atoms with Crippen molar-refractivity contribution in [2.45, 2.75) is 25.8 Å². The molecular weight excluding hydrogens is 471 g/mol. The van der Waals surface area contributed by atoms with Crippen LogP contribution in [0.4, 0.5) is 10.1 Å². The predicted molar refractivity (Wildman–Crippen MR) is 133 cm³/mol. The van der Waals surface area contributed by atoms with Crippen LogP contribution in [0.5, 0.6) is 0 Å². The van der Waals surface area contributed by atoms with Crippen molar-refractivity contribution in [3.05, 3.63) is 80.6 Å². The molecule has 9 nitrogen and oxygen atoms in total. The van der Waals surface area contributed by atoms with Crippen molar-refractivity contribution in [1.82, 2.24) is 23.9 Å². The number of aryl methyl sites for hydroxylation is 2. The monoisotopic (exact) mass is 494 g/mol. The largest absolute Gasteiger partial charge is 0.337 e. The highest BCUT2D eigenvalue weighted by atomic mass is 32.2. The van der Waals surface area contributed by atoms with Gasteiger partial charge in [-0.3, -0.25) is 18.8 Å². The van der Waals surface area contributed by atoms with E-state index in [2.05, 4.69) is 15.4 Å². The fourth-order valence-electron chi connectivity index (χ4n) is 4.25. The molecule has 1 amide bonds. The molecule has 0 atom stereocenters. The number of anilines is 1. The van der Waals surface area contributed by atoms with Crippen LogP contribution in [0.15, 0.2) is 52.2 Å². The van der Waals surface area contributed by atoms with Crippen LogP contribution in [0, 0.1) is 12.7 Å². The second-order valence-electron chi connectivity index (χ2n) is 8.46. The SMILES string of the molecule is Cc1cc(C(=O)Nc2ccc(-n3c(=O)c4cc(F)cnc4n(C4CCSCC4)c3=O)cc2)nn1C. The highest BCUT2D eigenvalue weighted by molar-refractivity contribution is 7.99. The van der Waals surface area contributed by atoms with Crippen LogP contribution in [0.25, 0.3) is 16.7 Å². The van der Waals surface area contributed by atoms with E-state index in [0.29, 0.717) is 11.4 Å². The molecule has 1 aromatic carbocycles. The lowest BCUT2D eigenvalue weighted by atomic mass is 10.1. The van der Waals surface area contributed by atoms with Crippen molar-refractivity contribution in [3.63, 3.8) is 0 Å². The van der Waals surface area contributed by atoms with E-state index in [0.717, 1.165) is 46.9 Å². The van der Waals surface area contributed by atoms with Crippen molar-refractivity contribution in [2.24, 2.45) is 7.05 Å². The molecule has 1 aliphatic rings. The normalized spacial score (nSPS) is 14.4. The van der Waals surface area contributed by atoms with Gasteiger partial charge in [-0.2, -0.15) is 16.9 Å². The van der Waals surface area contributed by atoms with Crippen LogP contribution >= 0.6 is 11.8 Å². The number of fused-ring (bicyclic) bond motifs is 1. The van der Waals surface area contributed by atoms with Gasteiger partial charge in [0.2, 0.25) is 0 Å². The van der Waals surface area contributed by atoms with Gasteiger partial charge in [0.05, 0.1) is 17.3 Å². The summed E-state index contributed by atoms with van der Waals surface area (Å²) in [7, 11) is 1.75. The van der Waals surface area contributed by atoms with Crippen LogP contribution in [0.3, 0.4) is 0 Å². The Morgan fingerprint density at radius 2 is 1.86 bits per heavy atom. The number of nitrogens with zero attached hydrogens (tertiary/aromatic N) is 5. The van der Waals surface area contributed by atoms with Crippen LogP contribution in [0.1, 0.15) is 35.1 Å². The fourth-order valence-corrected chi connectivity index (χ4v) is 5.33.